The minimum atomic E-state index is -0.198. The van der Waals surface area contributed by atoms with Crippen LogP contribution in [-0.4, -0.2) is 29.9 Å². The van der Waals surface area contributed by atoms with Crippen molar-refractivity contribution in [3.8, 4) is 11.5 Å². The zero-order chi connectivity index (χ0) is 18.8. The van der Waals surface area contributed by atoms with Crippen molar-refractivity contribution in [1.29, 1.82) is 0 Å². The van der Waals surface area contributed by atoms with Gasteiger partial charge >= 0.3 is 0 Å². The van der Waals surface area contributed by atoms with Crippen LogP contribution in [0.2, 0.25) is 0 Å². The molecule has 0 atom stereocenters. The average molecular weight is 358 g/mol. The Morgan fingerprint density at radius 3 is 2.81 bits per heavy atom. The fourth-order valence-electron chi connectivity index (χ4n) is 2.32. The smallest absolute Gasteiger partial charge is 0.252 e. The SMILES string of the molecule is CCCCOc1ccc(/C=N/Nc2nc(CCC)cc(=O)[nH]2)cc1OC. The first-order chi connectivity index (χ1) is 12.7. The second-order valence-electron chi connectivity index (χ2n) is 5.82. The van der Waals surface area contributed by atoms with E-state index in [0.717, 1.165) is 36.9 Å². The van der Waals surface area contributed by atoms with E-state index < -0.39 is 0 Å². The van der Waals surface area contributed by atoms with Crippen molar-refractivity contribution in [2.45, 2.75) is 39.5 Å². The van der Waals surface area contributed by atoms with Gasteiger partial charge < -0.3 is 9.47 Å². The quantitative estimate of drug-likeness (QED) is 0.386. The number of aryl methyl sites for hydroxylation is 1. The minimum Gasteiger partial charge on any atom is -0.493 e. The van der Waals surface area contributed by atoms with E-state index in [9.17, 15) is 4.79 Å². The largest absolute Gasteiger partial charge is 0.493 e. The van der Waals surface area contributed by atoms with E-state index in [1.165, 1.54) is 6.07 Å². The van der Waals surface area contributed by atoms with Crippen molar-refractivity contribution >= 4 is 12.2 Å². The molecule has 0 radical (unpaired) electrons. The maximum absolute atomic E-state index is 11.6. The van der Waals surface area contributed by atoms with Gasteiger partial charge in [-0.3, -0.25) is 9.78 Å². The molecule has 0 aliphatic rings. The molecule has 1 aromatic heterocycles. The van der Waals surface area contributed by atoms with Crippen LogP contribution in [0.1, 0.15) is 44.4 Å². The Hall–Kier alpha value is -2.83. The van der Waals surface area contributed by atoms with Crippen LogP contribution in [0.3, 0.4) is 0 Å². The number of benzene rings is 1. The third-order valence-corrected chi connectivity index (χ3v) is 3.63. The number of unbranched alkanes of at least 4 members (excludes halogenated alkanes) is 1. The molecule has 7 heteroatoms. The Balaban J connectivity index is 2.05. The van der Waals surface area contributed by atoms with E-state index in [-0.39, 0.29) is 5.56 Å². The van der Waals surface area contributed by atoms with Crippen molar-refractivity contribution < 1.29 is 9.47 Å². The molecule has 0 spiro atoms. The lowest BCUT2D eigenvalue weighted by atomic mass is 10.2. The number of aromatic nitrogens is 2. The predicted molar refractivity (Wildman–Crippen MR) is 103 cm³/mol. The van der Waals surface area contributed by atoms with Gasteiger partial charge in [0.05, 0.1) is 19.9 Å². The Morgan fingerprint density at radius 2 is 2.08 bits per heavy atom. The van der Waals surface area contributed by atoms with Crippen LogP contribution in [0.25, 0.3) is 0 Å². The number of ether oxygens (including phenoxy) is 2. The second-order valence-corrected chi connectivity index (χ2v) is 5.82. The molecule has 2 aromatic rings. The summed E-state index contributed by atoms with van der Waals surface area (Å²) in [4.78, 5) is 18.6. The first-order valence-corrected chi connectivity index (χ1v) is 8.86. The zero-order valence-electron chi connectivity index (χ0n) is 15.5. The molecule has 1 aromatic carbocycles. The van der Waals surface area contributed by atoms with Gasteiger partial charge in [0.2, 0.25) is 5.95 Å². The van der Waals surface area contributed by atoms with Gasteiger partial charge in [-0.1, -0.05) is 26.7 Å². The van der Waals surface area contributed by atoms with E-state index >= 15 is 0 Å². The molecule has 2 rings (SSSR count). The third kappa shape index (κ3) is 5.91. The van der Waals surface area contributed by atoms with Crippen LogP contribution in [0.4, 0.5) is 5.95 Å². The van der Waals surface area contributed by atoms with Crippen LogP contribution < -0.4 is 20.5 Å². The van der Waals surface area contributed by atoms with E-state index in [0.29, 0.717) is 24.1 Å². The van der Waals surface area contributed by atoms with Gasteiger partial charge in [0.1, 0.15) is 0 Å². The molecular formula is C19H26N4O3. The summed E-state index contributed by atoms with van der Waals surface area (Å²) in [6.45, 7) is 4.82. The summed E-state index contributed by atoms with van der Waals surface area (Å²) in [5.74, 6) is 1.69. The van der Waals surface area contributed by atoms with Gasteiger partial charge in [0, 0.05) is 11.8 Å². The van der Waals surface area contributed by atoms with Gasteiger partial charge in [0.25, 0.3) is 5.56 Å². The number of hydrogen-bond donors (Lipinski definition) is 2. The number of hydrazone groups is 1. The number of rotatable bonds is 10. The average Bonchev–Trinajstić information content (AvgIpc) is 2.62. The first-order valence-electron chi connectivity index (χ1n) is 8.86. The van der Waals surface area contributed by atoms with Crippen LogP contribution in [-0.2, 0) is 6.42 Å². The summed E-state index contributed by atoms with van der Waals surface area (Å²) in [5, 5.41) is 4.13. The van der Waals surface area contributed by atoms with E-state index in [4.69, 9.17) is 9.47 Å². The maximum Gasteiger partial charge on any atom is 0.252 e. The van der Waals surface area contributed by atoms with Crippen molar-refractivity contribution in [3.63, 3.8) is 0 Å². The highest BCUT2D eigenvalue weighted by Gasteiger charge is 2.05. The highest BCUT2D eigenvalue weighted by Crippen LogP contribution is 2.27. The molecule has 0 aliphatic carbocycles. The minimum absolute atomic E-state index is 0.198. The molecule has 0 bridgehead atoms. The maximum atomic E-state index is 11.6. The molecule has 1 heterocycles. The lowest BCUT2D eigenvalue weighted by Gasteiger charge is -2.10. The Labute approximate surface area is 153 Å². The highest BCUT2D eigenvalue weighted by molar-refractivity contribution is 5.81. The molecule has 140 valence electrons. The number of nitrogens with zero attached hydrogens (tertiary/aromatic N) is 2. The molecule has 0 amide bonds. The fraction of sp³-hybridized carbons (Fsp3) is 0.421. The topological polar surface area (TPSA) is 88.6 Å². The van der Waals surface area contributed by atoms with Crippen LogP contribution in [0.15, 0.2) is 34.2 Å². The molecule has 26 heavy (non-hydrogen) atoms. The van der Waals surface area contributed by atoms with Crippen molar-refractivity contribution in [2.75, 3.05) is 19.1 Å². The van der Waals surface area contributed by atoms with Crippen LogP contribution in [0, 0.1) is 0 Å². The standard InChI is InChI=1S/C19H26N4O3/c1-4-6-10-26-16-9-8-14(11-17(16)25-3)13-20-23-19-21-15(7-5-2)12-18(24)22-19/h8-9,11-13H,4-7,10H2,1-3H3,(H2,21,22,23,24)/b20-13+. The van der Waals surface area contributed by atoms with E-state index in [2.05, 4.69) is 27.4 Å². The molecule has 0 unspecified atom stereocenters. The van der Waals surface area contributed by atoms with Crippen LogP contribution >= 0.6 is 0 Å². The number of methoxy groups -OCH3 is 1. The van der Waals surface area contributed by atoms with E-state index in [1.54, 1.807) is 13.3 Å². The summed E-state index contributed by atoms with van der Waals surface area (Å²) in [6, 6.07) is 7.09. The third-order valence-electron chi connectivity index (χ3n) is 3.63. The summed E-state index contributed by atoms with van der Waals surface area (Å²) in [5.41, 5.74) is 4.14. The molecule has 2 N–H and O–H groups in total. The molecule has 7 nitrogen and oxygen atoms in total. The van der Waals surface area contributed by atoms with Crippen molar-refractivity contribution in [2.24, 2.45) is 5.10 Å². The van der Waals surface area contributed by atoms with Gasteiger partial charge in [0.15, 0.2) is 11.5 Å². The highest BCUT2D eigenvalue weighted by atomic mass is 16.5. The van der Waals surface area contributed by atoms with Gasteiger partial charge in [-0.25, -0.2) is 10.4 Å². The summed E-state index contributed by atoms with van der Waals surface area (Å²) in [6.07, 6.45) is 5.38. The molecule has 0 saturated heterocycles. The lowest BCUT2D eigenvalue weighted by molar-refractivity contribution is 0.288. The van der Waals surface area contributed by atoms with Gasteiger partial charge in [-0.2, -0.15) is 5.10 Å². The second kappa shape index (κ2) is 10.2. The summed E-state index contributed by atoms with van der Waals surface area (Å²) >= 11 is 0. The zero-order valence-corrected chi connectivity index (χ0v) is 15.5. The molecule has 0 saturated carbocycles. The number of anilines is 1. The Kier molecular flexibility index (Phi) is 7.67. The van der Waals surface area contributed by atoms with Crippen molar-refractivity contribution in [1.82, 2.24) is 9.97 Å². The lowest BCUT2D eigenvalue weighted by Crippen LogP contribution is -2.12. The summed E-state index contributed by atoms with van der Waals surface area (Å²) in [7, 11) is 1.61. The monoisotopic (exact) mass is 358 g/mol. The Morgan fingerprint density at radius 1 is 1.23 bits per heavy atom. The summed E-state index contributed by atoms with van der Waals surface area (Å²) < 4.78 is 11.1. The van der Waals surface area contributed by atoms with Gasteiger partial charge in [-0.05, 0) is 36.6 Å². The van der Waals surface area contributed by atoms with E-state index in [1.807, 2.05) is 25.1 Å². The van der Waals surface area contributed by atoms with Crippen molar-refractivity contribution in [3.05, 3.63) is 45.9 Å². The molecular weight excluding hydrogens is 332 g/mol. The number of nitrogens with one attached hydrogen (secondary N) is 2. The molecule has 0 fully saturated rings. The first kappa shape index (κ1) is 19.5. The number of hydrogen-bond acceptors (Lipinski definition) is 6. The van der Waals surface area contributed by atoms with Crippen LogP contribution in [0.5, 0.6) is 11.5 Å². The fourth-order valence-corrected chi connectivity index (χ4v) is 2.32. The molecule has 0 aliphatic heterocycles. The number of H-pyrrole nitrogens is 1. The van der Waals surface area contributed by atoms with Gasteiger partial charge in [-0.15, -0.1) is 0 Å². The number of aromatic amines is 1. The predicted octanol–water partition coefficient (Wildman–Crippen LogP) is 3.36. The Bertz CT molecular complexity index is 787. The normalized spacial score (nSPS) is 10.9.